The smallest absolute Gasteiger partial charge is 0.237 e. The van der Waals surface area contributed by atoms with Crippen molar-refractivity contribution >= 4 is 17.5 Å². The Balaban J connectivity index is 1.42. The number of methoxy groups -OCH3 is 1. The molecule has 5 nitrogen and oxygen atoms in total. The van der Waals surface area contributed by atoms with E-state index >= 15 is 0 Å². The van der Waals surface area contributed by atoms with Gasteiger partial charge in [0.1, 0.15) is 0 Å². The number of fused-ring (bicyclic) bond motifs is 1. The first-order chi connectivity index (χ1) is 14.6. The molecule has 1 aliphatic heterocycles. The van der Waals surface area contributed by atoms with Crippen LogP contribution in [0.3, 0.4) is 0 Å². The van der Waals surface area contributed by atoms with Crippen molar-refractivity contribution in [1.29, 1.82) is 0 Å². The van der Waals surface area contributed by atoms with E-state index in [0.717, 1.165) is 37.4 Å². The first-order valence-electron chi connectivity index (χ1n) is 10.7. The minimum atomic E-state index is -0.108. The number of benzene rings is 2. The van der Waals surface area contributed by atoms with Gasteiger partial charge in [0.2, 0.25) is 5.91 Å². The number of halogens is 1. The molecule has 1 saturated heterocycles. The number of ether oxygens (including phenoxy) is 1. The molecule has 1 heterocycles. The highest BCUT2D eigenvalue weighted by molar-refractivity contribution is 6.30. The molecule has 2 aliphatic rings. The van der Waals surface area contributed by atoms with Crippen LogP contribution in [0, 0.1) is 0 Å². The van der Waals surface area contributed by atoms with Crippen LogP contribution in [0.1, 0.15) is 23.1 Å². The topological polar surface area (TPSA) is 53.6 Å². The fraction of sp³-hybridized carbons (Fsp3) is 0.458. The van der Waals surface area contributed by atoms with Gasteiger partial charge in [-0.05, 0) is 48.1 Å². The van der Waals surface area contributed by atoms with Gasteiger partial charge in [0.15, 0.2) is 0 Å². The predicted molar refractivity (Wildman–Crippen MR) is 120 cm³/mol. The van der Waals surface area contributed by atoms with Gasteiger partial charge in [0.05, 0.1) is 12.6 Å². The summed E-state index contributed by atoms with van der Waals surface area (Å²) in [6.07, 6.45) is 2.85. The molecule has 0 unspecified atom stereocenters. The van der Waals surface area contributed by atoms with E-state index in [1.165, 1.54) is 16.7 Å². The Labute approximate surface area is 183 Å². The van der Waals surface area contributed by atoms with E-state index in [1.807, 2.05) is 24.3 Å². The lowest BCUT2D eigenvalue weighted by atomic mass is 10.1. The van der Waals surface area contributed by atoms with Crippen molar-refractivity contribution in [3.8, 4) is 0 Å². The number of carbonyl (C=O) groups is 1. The Bertz CT molecular complexity index is 833. The summed E-state index contributed by atoms with van der Waals surface area (Å²) in [5.41, 5.74) is 4.03. The van der Waals surface area contributed by atoms with Gasteiger partial charge in [-0.3, -0.25) is 9.69 Å². The van der Waals surface area contributed by atoms with Crippen LogP contribution in [0.25, 0.3) is 0 Å². The Morgan fingerprint density at radius 3 is 2.50 bits per heavy atom. The monoisotopic (exact) mass is 427 g/mol. The average Bonchev–Trinajstić information content (AvgIpc) is 3.37. The molecule has 0 radical (unpaired) electrons. The molecule has 160 valence electrons. The maximum absolute atomic E-state index is 13.0. The third kappa shape index (κ3) is 5.03. The Morgan fingerprint density at radius 2 is 1.83 bits per heavy atom. The van der Waals surface area contributed by atoms with E-state index in [4.69, 9.17) is 16.3 Å². The van der Waals surface area contributed by atoms with Gasteiger partial charge in [0, 0.05) is 43.9 Å². The first-order valence-corrected chi connectivity index (χ1v) is 11.1. The normalized spacial score (nSPS) is 21.7. The maximum atomic E-state index is 13.0. The van der Waals surface area contributed by atoms with Crippen molar-refractivity contribution in [2.75, 3.05) is 26.8 Å². The number of likely N-dealkylation sites (tertiary alicyclic amines) is 1. The molecule has 2 aromatic carbocycles. The molecule has 1 aliphatic carbocycles. The van der Waals surface area contributed by atoms with E-state index in [2.05, 4.69) is 39.8 Å². The number of hydrogen-bond acceptors (Lipinski definition) is 4. The molecular weight excluding hydrogens is 398 g/mol. The zero-order chi connectivity index (χ0) is 20.9. The molecule has 0 spiro atoms. The van der Waals surface area contributed by atoms with Crippen LogP contribution in [0.4, 0.5) is 0 Å². The second kappa shape index (κ2) is 9.92. The summed E-state index contributed by atoms with van der Waals surface area (Å²) >= 11 is 5.99. The van der Waals surface area contributed by atoms with Crippen molar-refractivity contribution in [3.05, 3.63) is 70.2 Å². The SMILES string of the molecule is COCCNC(=O)[C@@H]1C[C@@H](NCc2ccc(Cl)cc2)CN1C1Cc2ccccc2C1. The van der Waals surface area contributed by atoms with Crippen molar-refractivity contribution in [2.24, 2.45) is 0 Å². The van der Waals surface area contributed by atoms with Crippen LogP contribution in [-0.2, 0) is 28.9 Å². The molecule has 0 saturated carbocycles. The molecule has 0 bridgehead atoms. The van der Waals surface area contributed by atoms with Gasteiger partial charge in [-0.2, -0.15) is 0 Å². The zero-order valence-corrected chi connectivity index (χ0v) is 18.2. The summed E-state index contributed by atoms with van der Waals surface area (Å²) in [6, 6.07) is 17.1. The van der Waals surface area contributed by atoms with Crippen molar-refractivity contribution < 1.29 is 9.53 Å². The highest BCUT2D eigenvalue weighted by Crippen LogP contribution is 2.31. The molecule has 2 N–H and O–H groups in total. The summed E-state index contributed by atoms with van der Waals surface area (Å²) < 4.78 is 5.09. The van der Waals surface area contributed by atoms with Crippen LogP contribution in [0.15, 0.2) is 48.5 Å². The van der Waals surface area contributed by atoms with Crippen molar-refractivity contribution in [2.45, 2.75) is 43.9 Å². The van der Waals surface area contributed by atoms with Crippen LogP contribution in [-0.4, -0.2) is 55.7 Å². The van der Waals surface area contributed by atoms with E-state index in [1.54, 1.807) is 7.11 Å². The highest BCUT2D eigenvalue weighted by Gasteiger charge is 2.41. The predicted octanol–water partition coefficient (Wildman–Crippen LogP) is 2.80. The number of carbonyl (C=O) groups excluding carboxylic acids is 1. The lowest BCUT2D eigenvalue weighted by Gasteiger charge is -2.29. The summed E-state index contributed by atoms with van der Waals surface area (Å²) in [5, 5.41) is 7.46. The molecule has 2 aromatic rings. The van der Waals surface area contributed by atoms with Crippen LogP contribution in [0.5, 0.6) is 0 Å². The average molecular weight is 428 g/mol. The van der Waals surface area contributed by atoms with Gasteiger partial charge in [0.25, 0.3) is 0 Å². The summed E-state index contributed by atoms with van der Waals surface area (Å²) in [4.78, 5) is 15.4. The Morgan fingerprint density at radius 1 is 1.13 bits per heavy atom. The summed E-state index contributed by atoms with van der Waals surface area (Å²) in [7, 11) is 1.65. The van der Waals surface area contributed by atoms with Crippen LogP contribution >= 0.6 is 11.6 Å². The molecule has 1 amide bonds. The van der Waals surface area contributed by atoms with Crippen LogP contribution < -0.4 is 10.6 Å². The van der Waals surface area contributed by atoms with Gasteiger partial charge < -0.3 is 15.4 Å². The summed E-state index contributed by atoms with van der Waals surface area (Å²) in [5.74, 6) is 0.110. The second-order valence-corrected chi connectivity index (χ2v) is 8.70. The Hall–Kier alpha value is -1.92. The molecule has 4 rings (SSSR count). The van der Waals surface area contributed by atoms with Gasteiger partial charge in [-0.1, -0.05) is 48.0 Å². The number of nitrogens with zero attached hydrogens (tertiary/aromatic N) is 1. The molecule has 30 heavy (non-hydrogen) atoms. The summed E-state index contributed by atoms with van der Waals surface area (Å²) in [6.45, 7) is 2.74. The molecular formula is C24H30ClN3O2. The van der Waals surface area contributed by atoms with Gasteiger partial charge >= 0.3 is 0 Å². The van der Waals surface area contributed by atoms with Gasteiger partial charge in [-0.15, -0.1) is 0 Å². The number of hydrogen-bond donors (Lipinski definition) is 2. The minimum Gasteiger partial charge on any atom is -0.383 e. The fourth-order valence-corrected chi connectivity index (χ4v) is 4.82. The zero-order valence-electron chi connectivity index (χ0n) is 17.4. The number of amides is 1. The number of rotatable bonds is 8. The number of nitrogens with one attached hydrogen (secondary N) is 2. The molecule has 1 fully saturated rings. The fourth-order valence-electron chi connectivity index (χ4n) is 4.70. The second-order valence-electron chi connectivity index (χ2n) is 8.27. The molecule has 6 heteroatoms. The quantitative estimate of drug-likeness (QED) is 0.636. The lowest BCUT2D eigenvalue weighted by Crippen LogP contribution is -2.48. The minimum absolute atomic E-state index is 0.108. The third-order valence-corrected chi connectivity index (χ3v) is 6.51. The standard InChI is InChI=1S/C24H30ClN3O2/c1-30-11-10-26-24(29)23-14-21(27-15-17-6-8-20(25)9-7-17)16-28(23)22-12-18-4-2-3-5-19(18)13-22/h2-9,21-23,27H,10-16H2,1H3,(H,26,29)/t21-,23+/m1/s1. The van der Waals surface area contributed by atoms with E-state index in [0.29, 0.717) is 19.2 Å². The molecule has 2 atom stereocenters. The largest absolute Gasteiger partial charge is 0.383 e. The highest BCUT2D eigenvalue weighted by atomic mass is 35.5. The van der Waals surface area contributed by atoms with Crippen molar-refractivity contribution in [1.82, 2.24) is 15.5 Å². The van der Waals surface area contributed by atoms with E-state index < -0.39 is 0 Å². The first kappa shape index (κ1) is 21.3. The Kier molecular flexibility index (Phi) is 7.05. The van der Waals surface area contributed by atoms with Crippen molar-refractivity contribution in [3.63, 3.8) is 0 Å². The van der Waals surface area contributed by atoms with E-state index in [-0.39, 0.29) is 18.0 Å². The third-order valence-electron chi connectivity index (χ3n) is 6.25. The van der Waals surface area contributed by atoms with Crippen LogP contribution in [0.2, 0.25) is 5.02 Å². The van der Waals surface area contributed by atoms with E-state index in [9.17, 15) is 4.79 Å². The maximum Gasteiger partial charge on any atom is 0.237 e. The lowest BCUT2D eigenvalue weighted by molar-refractivity contribution is -0.126. The van der Waals surface area contributed by atoms with Gasteiger partial charge in [-0.25, -0.2) is 0 Å². The molecule has 0 aromatic heterocycles.